The van der Waals surface area contributed by atoms with E-state index in [1.165, 1.54) is 18.5 Å². The van der Waals surface area contributed by atoms with Gasteiger partial charge in [-0.15, -0.1) is 0 Å². The second-order valence-electron chi connectivity index (χ2n) is 9.85. The van der Waals surface area contributed by atoms with E-state index in [0.717, 1.165) is 60.9 Å². The fraction of sp³-hybridized carbons (Fsp3) is 0.607. The Bertz CT molecular complexity index is 902. The molecule has 6 heteroatoms. The first-order valence-corrected chi connectivity index (χ1v) is 13.1. The highest BCUT2D eigenvalue weighted by molar-refractivity contribution is 5.95. The van der Waals surface area contributed by atoms with Crippen LogP contribution in [-0.2, 0) is 4.79 Å². The molecule has 1 amide bonds. The van der Waals surface area contributed by atoms with Crippen LogP contribution in [0.2, 0.25) is 0 Å². The lowest BCUT2D eigenvalue weighted by Crippen LogP contribution is -2.55. The van der Waals surface area contributed by atoms with Gasteiger partial charge in [0.25, 0.3) is 5.91 Å². The topological polar surface area (TPSA) is 56.8 Å². The quantitative estimate of drug-likeness (QED) is 0.443. The lowest BCUT2D eigenvalue weighted by Gasteiger charge is -2.40. The van der Waals surface area contributed by atoms with E-state index in [2.05, 4.69) is 69.0 Å². The third-order valence-corrected chi connectivity index (χ3v) is 7.31. The van der Waals surface area contributed by atoms with Gasteiger partial charge in [-0.3, -0.25) is 9.80 Å². The van der Waals surface area contributed by atoms with Crippen LogP contribution in [0, 0.1) is 11.8 Å². The van der Waals surface area contributed by atoms with Gasteiger partial charge in [0.1, 0.15) is 17.6 Å². The largest absolute Gasteiger partial charge is 0.493 e. The van der Waals surface area contributed by atoms with E-state index in [-0.39, 0.29) is 5.91 Å². The number of hydrogen-bond donors (Lipinski definition) is 2. The summed E-state index contributed by atoms with van der Waals surface area (Å²) in [4.78, 5) is 15.9. The predicted molar refractivity (Wildman–Crippen MR) is 140 cm³/mol. The summed E-state index contributed by atoms with van der Waals surface area (Å²) < 4.78 is 6.00. The molecule has 0 aliphatic carbocycles. The zero-order chi connectivity index (χ0) is 24.8. The first kappa shape index (κ1) is 26.1. The Hall–Kier alpha value is -2.47. The van der Waals surface area contributed by atoms with Gasteiger partial charge in [-0.2, -0.15) is 0 Å². The molecule has 1 aromatic carbocycles. The molecule has 2 fully saturated rings. The molecule has 188 valence electrons. The highest BCUT2D eigenvalue weighted by Gasteiger charge is 2.34. The zero-order valence-electron chi connectivity index (χ0n) is 22.0. The Morgan fingerprint density at radius 3 is 2.56 bits per heavy atom. The van der Waals surface area contributed by atoms with Crippen molar-refractivity contribution in [1.29, 1.82) is 0 Å². The van der Waals surface area contributed by atoms with Gasteiger partial charge in [-0.1, -0.05) is 40.7 Å². The maximum Gasteiger partial charge on any atom is 0.270 e. The molecule has 0 aromatic heterocycles. The minimum absolute atomic E-state index is 0.0709. The summed E-state index contributed by atoms with van der Waals surface area (Å²) in [6.07, 6.45) is 4.76. The Morgan fingerprint density at radius 1 is 1.24 bits per heavy atom. The Labute approximate surface area is 206 Å². The summed E-state index contributed by atoms with van der Waals surface area (Å²) in [5.74, 6) is 1.80. The molecule has 2 aliphatic rings. The lowest BCUT2D eigenvalue weighted by molar-refractivity contribution is -0.123. The predicted octanol–water partition coefficient (Wildman–Crippen LogP) is 5.89. The number of piperidine rings is 1. The van der Waals surface area contributed by atoms with Gasteiger partial charge in [-0.05, 0) is 75.1 Å². The van der Waals surface area contributed by atoms with Crippen LogP contribution in [0.15, 0.2) is 41.7 Å². The molecule has 6 nitrogen and oxygen atoms in total. The number of hydrogen-bond acceptors (Lipinski definition) is 5. The van der Waals surface area contributed by atoms with Crippen LogP contribution >= 0.6 is 0 Å². The summed E-state index contributed by atoms with van der Waals surface area (Å²) in [6.45, 7) is 19.8. The van der Waals surface area contributed by atoms with E-state index in [1.807, 2.05) is 18.0 Å². The minimum atomic E-state index is -0.403. The van der Waals surface area contributed by atoms with Crippen molar-refractivity contribution in [3.8, 4) is 5.75 Å². The number of amides is 1. The van der Waals surface area contributed by atoms with E-state index >= 15 is 0 Å². The second kappa shape index (κ2) is 11.8. The third kappa shape index (κ3) is 5.77. The summed E-state index contributed by atoms with van der Waals surface area (Å²) in [5, 5.41) is 5.15. The molecule has 0 radical (unpaired) electrons. The van der Waals surface area contributed by atoms with E-state index < -0.39 is 6.17 Å². The normalized spacial score (nSPS) is 21.8. The standard InChI is InChI=1S/C28H44N4O2/c1-8-11-21(6)32-26(22(7)20(5)9-2)28(33)29-27(30-32)24-18-23(12-13-25(24)34-10-3)31-16-14-19(4)15-17-31/h12-13,18-20,27,30H,6,8-11,14-17H2,1-5,7H3,(H,29,33)/b26-22-. The van der Waals surface area contributed by atoms with Gasteiger partial charge in [0.15, 0.2) is 0 Å². The monoisotopic (exact) mass is 468 g/mol. The van der Waals surface area contributed by atoms with Crippen molar-refractivity contribution in [3.63, 3.8) is 0 Å². The van der Waals surface area contributed by atoms with E-state index in [0.29, 0.717) is 18.2 Å². The Morgan fingerprint density at radius 2 is 1.94 bits per heavy atom. The van der Waals surface area contributed by atoms with Gasteiger partial charge in [0.2, 0.25) is 0 Å². The minimum Gasteiger partial charge on any atom is -0.493 e. The number of carbonyl (C=O) groups is 1. The van der Waals surface area contributed by atoms with Crippen molar-refractivity contribution in [1.82, 2.24) is 15.8 Å². The molecule has 0 bridgehead atoms. The van der Waals surface area contributed by atoms with Crippen LogP contribution in [0.1, 0.15) is 85.4 Å². The second-order valence-corrected chi connectivity index (χ2v) is 9.85. The van der Waals surface area contributed by atoms with Crippen molar-refractivity contribution < 1.29 is 9.53 Å². The Kier molecular flexibility index (Phi) is 9.06. The van der Waals surface area contributed by atoms with Gasteiger partial charge in [-0.25, -0.2) is 5.43 Å². The molecular formula is C28H44N4O2. The molecule has 0 saturated carbocycles. The van der Waals surface area contributed by atoms with E-state index in [1.54, 1.807) is 0 Å². The summed E-state index contributed by atoms with van der Waals surface area (Å²) in [5.41, 5.74) is 8.34. The molecule has 2 atom stereocenters. The Balaban J connectivity index is 1.99. The molecule has 2 heterocycles. The summed E-state index contributed by atoms with van der Waals surface area (Å²) >= 11 is 0. The summed E-state index contributed by atoms with van der Waals surface area (Å²) in [6, 6.07) is 6.36. The van der Waals surface area contributed by atoms with Gasteiger partial charge >= 0.3 is 0 Å². The molecular weight excluding hydrogens is 424 g/mol. The van der Waals surface area contributed by atoms with Crippen LogP contribution in [0.5, 0.6) is 5.75 Å². The van der Waals surface area contributed by atoms with E-state index in [4.69, 9.17) is 4.74 Å². The molecule has 3 rings (SSSR count). The number of carbonyl (C=O) groups excluding carboxylic acids is 1. The first-order chi connectivity index (χ1) is 16.3. The van der Waals surface area contributed by atoms with Crippen molar-refractivity contribution in [2.45, 2.75) is 79.8 Å². The van der Waals surface area contributed by atoms with Gasteiger partial charge < -0.3 is 15.0 Å². The van der Waals surface area contributed by atoms with Crippen molar-refractivity contribution in [2.24, 2.45) is 11.8 Å². The fourth-order valence-corrected chi connectivity index (χ4v) is 4.73. The number of nitrogens with one attached hydrogen (secondary N) is 2. The number of anilines is 1. The molecule has 1 aromatic rings. The third-order valence-electron chi connectivity index (χ3n) is 7.31. The molecule has 2 saturated heterocycles. The highest BCUT2D eigenvalue weighted by atomic mass is 16.5. The van der Waals surface area contributed by atoms with Crippen LogP contribution in [0.3, 0.4) is 0 Å². The smallest absolute Gasteiger partial charge is 0.270 e. The van der Waals surface area contributed by atoms with Crippen LogP contribution < -0.4 is 20.4 Å². The van der Waals surface area contributed by atoms with E-state index in [9.17, 15) is 4.79 Å². The van der Waals surface area contributed by atoms with Crippen molar-refractivity contribution >= 4 is 11.6 Å². The van der Waals surface area contributed by atoms with Crippen molar-refractivity contribution in [3.05, 3.63) is 47.3 Å². The number of rotatable bonds is 9. The first-order valence-electron chi connectivity index (χ1n) is 13.1. The highest BCUT2D eigenvalue weighted by Crippen LogP contribution is 2.35. The molecule has 2 N–H and O–H groups in total. The molecule has 2 aliphatic heterocycles. The SMILES string of the molecule is C=C(CCC)N1NC(c2cc(N3CCC(C)CC3)ccc2OCC)NC(=O)/C1=C(\C)C(C)CC. The lowest BCUT2D eigenvalue weighted by atomic mass is 9.96. The number of hydrazine groups is 1. The number of benzene rings is 1. The molecule has 34 heavy (non-hydrogen) atoms. The zero-order valence-corrected chi connectivity index (χ0v) is 22.0. The number of nitrogens with zero attached hydrogens (tertiary/aromatic N) is 2. The van der Waals surface area contributed by atoms with Crippen molar-refractivity contribution in [2.75, 3.05) is 24.6 Å². The number of allylic oxidation sites excluding steroid dienone is 2. The van der Waals surface area contributed by atoms with Gasteiger partial charge in [0.05, 0.1) is 6.61 Å². The van der Waals surface area contributed by atoms with Crippen LogP contribution in [-0.4, -0.2) is 30.6 Å². The van der Waals surface area contributed by atoms with Gasteiger partial charge in [0, 0.05) is 30.0 Å². The average Bonchev–Trinajstić information content (AvgIpc) is 2.83. The fourth-order valence-electron chi connectivity index (χ4n) is 4.73. The maximum atomic E-state index is 13.5. The average molecular weight is 469 g/mol. The summed E-state index contributed by atoms with van der Waals surface area (Å²) in [7, 11) is 0. The number of ether oxygens (including phenoxy) is 1. The maximum absolute atomic E-state index is 13.5. The molecule has 2 unspecified atom stereocenters. The molecule has 0 spiro atoms. The van der Waals surface area contributed by atoms with Crippen LogP contribution in [0.25, 0.3) is 0 Å². The van der Waals surface area contributed by atoms with Crippen LogP contribution in [0.4, 0.5) is 5.69 Å².